The summed E-state index contributed by atoms with van der Waals surface area (Å²) in [4.78, 5) is 24.5. The average molecular weight is 332 g/mol. The van der Waals surface area contributed by atoms with Crippen molar-refractivity contribution >= 4 is 11.8 Å². The minimum atomic E-state index is -0.545. The summed E-state index contributed by atoms with van der Waals surface area (Å²) >= 11 is 0. The third-order valence-corrected chi connectivity index (χ3v) is 4.69. The van der Waals surface area contributed by atoms with Crippen molar-refractivity contribution in [2.75, 3.05) is 7.11 Å². The standard InChI is InChI=1S/C19H28N2O3/c1-12-9-10-17(24-4)16(11-12)13(2)20-18(22)14(3)21-19(23)15-7-5-6-8-15/h9-11,13-15H,5-8H2,1-4H3,(H,20,22)(H,21,23). The number of aryl methyl sites for hydroxylation is 1. The van der Waals surface area contributed by atoms with Crippen molar-refractivity contribution < 1.29 is 14.3 Å². The number of amides is 2. The van der Waals surface area contributed by atoms with Gasteiger partial charge in [-0.15, -0.1) is 0 Å². The molecule has 1 aliphatic rings. The number of carbonyl (C=O) groups excluding carboxylic acids is 2. The fourth-order valence-electron chi connectivity index (χ4n) is 3.19. The van der Waals surface area contributed by atoms with E-state index in [-0.39, 0.29) is 23.8 Å². The maximum atomic E-state index is 12.4. The number of hydrogen-bond acceptors (Lipinski definition) is 3. The Morgan fingerprint density at radius 2 is 1.83 bits per heavy atom. The predicted octanol–water partition coefficient (Wildman–Crippen LogP) is 2.88. The van der Waals surface area contributed by atoms with Gasteiger partial charge in [0.15, 0.2) is 0 Å². The van der Waals surface area contributed by atoms with Gasteiger partial charge in [-0.2, -0.15) is 0 Å². The van der Waals surface area contributed by atoms with Gasteiger partial charge in [0.25, 0.3) is 0 Å². The van der Waals surface area contributed by atoms with E-state index in [0.717, 1.165) is 42.6 Å². The van der Waals surface area contributed by atoms with Gasteiger partial charge in [-0.3, -0.25) is 9.59 Å². The number of carbonyl (C=O) groups is 2. The lowest BCUT2D eigenvalue weighted by molar-refractivity contribution is -0.131. The second-order valence-corrected chi connectivity index (χ2v) is 6.69. The molecule has 0 radical (unpaired) electrons. The summed E-state index contributed by atoms with van der Waals surface area (Å²) in [6.45, 7) is 5.64. The van der Waals surface area contributed by atoms with Gasteiger partial charge in [0.05, 0.1) is 13.2 Å². The molecule has 2 rings (SSSR count). The highest BCUT2D eigenvalue weighted by Crippen LogP contribution is 2.26. The number of ether oxygens (including phenoxy) is 1. The Labute approximate surface area is 144 Å². The summed E-state index contributed by atoms with van der Waals surface area (Å²) in [6.07, 6.45) is 4.06. The van der Waals surface area contributed by atoms with Crippen LogP contribution in [-0.4, -0.2) is 25.0 Å². The summed E-state index contributed by atoms with van der Waals surface area (Å²) in [6, 6.07) is 5.14. The predicted molar refractivity (Wildman–Crippen MR) is 93.9 cm³/mol. The van der Waals surface area contributed by atoms with Crippen LogP contribution in [-0.2, 0) is 9.59 Å². The van der Waals surface area contributed by atoms with Crippen LogP contribution >= 0.6 is 0 Å². The molecule has 1 fully saturated rings. The van der Waals surface area contributed by atoms with E-state index < -0.39 is 6.04 Å². The van der Waals surface area contributed by atoms with Gasteiger partial charge in [0.2, 0.25) is 11.8 Å². The van der Waals surface area contributed by atoms with Crippen LogP contribution in [0.4, 0.5) is 0 Å². The second-order valence-electron chi connectivity index (χ2n) is 6.69. The minimum absolute atomic E-state index is 0.00376. The monoisotopic (exact) mass is 332 g/mol. The number of methoxy groups -OCH3 is 1. The zero-order chi connectivity index (χ0) is 17.7. The highest BCUT2D eigenvalue weighted by molar-refractivity contribution is 5.88. The lowest BCUT2D eigenvalue weighted by Crippen LogP contribution is -2.47. The van der Waals surface area contributed by atoms with Crippen LogP contribution in [0.1, 0.15) is 56.7 Å². The molecular weight excluding hydrogens is 304 g/mol. The Bertz CT molecular complexity index is 594. The molecule has 0 bridgehead atoms. The molecule has 2 N–H and O–H groups in total. The Hall–Kier alpha value is -2.04. The van der Waals surface area contributed by atoms with E-state index in [9.17, 15) is 9.59 Å². The van der Waals surface area contributed by atoms with Gasteiger partial charge in [-0.25, -0.2) is 0 Å². The summed E-state index contributed by atoms with van der Waals surface area (Å²) in [5.74, 6) is 0.624. The molecule has 2 unspecified atom stereocenters. The first-order valence-electron chi connectivity index (χ1n) is 8.67. The van der Waals surface area contributed by atoms with Crippen molar-refractivity contribution in [1.29, 1.82) is 0 Å². The van der Waals surface area contributed by atoms with Crippen LogP contribution in [0.25, 0.3) is 0 Å². The average Bonchev–Trinajstić information content (AvgIpc) is 3.09. The van der Waals surface area contributed by atoms with Crippen LogP contribution in [0.3, 0.4) is 0 Å². The van der Waals surface area contributed by atoms with Crippen molar-refractivity contribution in [2.24, 2.45) is 5.92 Å². The molecule has 2 amide bonds. The second kappa shape index (κ2) is 8.18. The summed E-state index contributed by atoms with van der Waals surface area (Å²) in [7, 11) is 1.62. The number of hydrogen-bond donors (Lipinski definition) is 2. The molecule has 5 nitrogen and oxygen atoms in total. The van der Waals surface area contributed by atoms with Crippen LogP contribution in [0, 0.1) is 12.8 Å². The molecule has 0 saturated heterocycles. The van der Waals surface area contributed by atoms with E-state index in [0.29, 0.717) is 0 Å². The van der Waals surface area contributed by atoms with E-state index >= 15 is 0 Å². The molecule has 1 saturated carbocycles. The topological polar surface area (TPSA) is 67.4 Å². The molecule has 1 aliphatic carbocycles. The molecule has 24 heavy (non-hydrogen) atoms. The molecule has 1 aromatic carbocycles. The number of benzene rings is 1. The van der Waals surface area contributed by atoms with E-state index in [1.54, 1.807) is 14.0 Å². The van der Waals surface area contributed by atoms with E-state index in [1.807, 2.05) is 32.0 Å². The Morgan fingerprint density at radius 1 is 1.17 bits per heavy atom. The first-order chi connectivity index (χ1) is 11.4. The molecule has 0 spiro atoms. The molecule has 0 aliphatic heterocycles. The van der Waals surface area contributed by atoms with Gasteiger partial charge in [-0.05, 0) is 39.7 Å². The van der Waals surface area contributed by atoms with Crippen LogP contribution in [0.5, 0.6) is 5.75 Å². The van der Waals surface area contributed by atoms with Crippen molar-refractivity contribution in [2.45, 2.75) is 58.5 Å². The van der Waals surface area contributed by atoms with Gasteiger partial charge in [0.1, 0.15) is 11.8 Å². The molecular formula is C19H28N2O3. The Morgan fingerprint density at radius 3 is 2.46 bits per heavy atom. The smallest absolute Gasteiger partial charge is 0.242 e. The molecule has 1 aromatic rings. The van der Waals surface area contributed by atoms with Crippen molar-refractivity contribution in [3.8, 4) is 5.75 Å². The normalized spacial score (nSPS) is 17.2. The summed E-state index contributed by atoms with van der Waals surface area (Å²) in [5, 5.41) is 5.80. The lowest BCUT2D eigenvalue weighted by atomic mass is 10.0. The quantitative estimate of drug-likeness (QED) is 0.842. The van der Waals surface area contributed by atoms with Crippen molar-refractivity contribution in [3.05, 3.63) is 29.3 Å². The third kappa shape index (κ3) is 4.49. The first kappa shape index (κ1) is 18.3. The van der Waals surface area contributed by atoms with Crippen LogP contribution in [0.2, 0.25) is 0 Å². The minimum Gasteiger partial charge on any atom is -0.496 e. The van der Waals surface area contributed by atoms with Crippen molar-refractivity contribution in [3.63, 3.8) is 0 Å². The van der Waals surface area contributed by atoms with E-state index in [4.69, 9.17) is 4.74 Å². The fraction of sp³-hybridized carbons (Fsp3) is 0.579. The molecule has 2 atom stereocenters. The SMILES string of the molecule is COc1ccc(C)cc1C(C)NC(=O)C(C)NC(=O)C1CCCC1. The van der Waals surface area contributed by atoms with Gasteiger partial charge in [0, 0.05) is 11.5 Å². The van der Waals surface area contributed by atoms with Crippen LogP contribution < -0.4 is 15.4 Å². The lowest BCUT2D eigenvalue weighted by Gasteiger charge is -2.21. The largest absolute Gasteiger partial charge is 0.496 e. The van der Waals surface area contributed by atoms with Gasteiger partial charge < -0.3 is 15.4 Å². The van der Waals surface area contributed by atoms with E-state index in [2.05, 4.69) is 10.6 Å². The summed E-state index contributed by atoms with van der Waals surface area (Å²) < 4.78 is 5.37. The molecule has 5 heteroatoms. The zero-order valence-electron chi connectivity index (χ0n) is 15.0. The molecule has 0 heterocycles. The summed E-state index contributed by atoms with van der Waals surface area (Å²) in [5.41, 5.74) is 2.04. The van der Waals surface area contributed by atoms with Gasteiger partial charge in [-0.1, -0.05) is 30.5 Å². The van der Waals surface area contributed by atoms with E-state index in [1.165, 1.54) is 0 Å². The molecule has 132 valence electrons. The highest BCUT2D eigenvalue weighted by Gasteiger charge is 2.26. The Balaban J connectivity index is 1.95. The van der Waals surface area contributed by atoms with Crippen LogP contribution in [0.15, 0.2) is 18.2 Å². The molecule has 0 aromatic heterocycles. The maximum Gasteiger partial charge on any atom is 0.242 e. The zero-order valence-corrected chi connectivity index (χ0v) is 15.0. The van der Waals surface area contributed by atoms with Crippen molar-refractivity contribution in [1.82, 2.24) is 10.6 Å². The third-order valence-electron chi connectivity index (χ3n) is 4.69. The Kier molecular flexibility index (Phi) is 6.23. The first-order valence-corrected chi connectivity index (χ1v) is 8.67. The highest BCUT2D eigenvalue weighted by atomic mass is 16.5. The number of rotatable bonds is 6. The fourth-order valence-corrected chi connectivity index (χ4v) is 3.19. The van der Waals surface area contributed by atoms with Gasteiger partial charge >= 0.3 is 0 Å². The number of nitrogens with one attached hydrogen (secondary N) is 2. The maximum absolute atomic E-state index is 12.4.